The Morgan fingerprint density at radius 1 is 1.18 bits per heavy atom. The largest absolute Gasteiger partial charge is 0.497 e. The van der Waals surface area contributed by atoms with Crippen molar-refractivity contribution in [3.63, 3.8) is 0 Å². The van der Waals surface area contributed by atoms with Gasteiger partial charge in [-0.2, -0.15) is 0 Å². The first-order valence-corrected chi connectivity index (χ1v) is 7.91. The third kappa shape index (κ3) is 2.95. The molecule has 0 N–H and O–H groups in total. The molecule has 1 aromatic carbocycles. The van der Waals surface area contributed by atoms with Gasteiger partial charge in [0.15, 0.2) is 0 Å². The number of likely N-dealkylation sites (N-methyl/N-ethyl adjacent to an activating group) is 1. The first kappa shape index (κ1) is 14.9. The highest BCUT2D eigenvalue weighted by molar-refractivity contribution is 7.08. The molecule has 2 heterocycles. The summed E-state index contributed by atoms with van der Waals surface area (Å²) < 4.78 is 9.13. The molecule has 3 rings (SSSR count). The second-order valence-corrected chi connectivity index (χ2v) is 6.03. The summed E-state index contributed by atoms with van der Waals surface area (Å²) in [7, 11) is 3.70. The van der Waals surface area contributed by atoms with E-state index in [1.165, 1.54) is 0 Å². The number of nitrogens with zero attached hydrogens (tertiary/aromatic N) is 4. The first-order valence-electron chi connectivity index (χ1n) is 7.13. The van der Waals surface area contributed by atoms with Crippen molar-refractivity contribution in [1.82, 2.24) is 19.4 Å². The molecule has 0 unspecified atom stereocenters. The van der Waals surface area contributed by atoms with Crippen molar-refractivity contribution >= 4 is 17.4 Å². The molecule has 1 amide bonds. The second kappa shape index (κ2) is 6.41. The number of hydrogen-bond donors (Lipinski definition) is 0. The first-order chi connectivity index (χ1) is 10.7. The molecule has 1 aliphatic rings. The van der Waals surface area contributed by atoms with Gasteiger partial charge in [0.05, 0.1) is 7.11 Å². The number of ether oxygens (including phenoxy) is 1. The number of aromatic nitrogens is 2. The van der Waals surface area contributed by atoms with E-state index in [0.717, 1.165) is 49.0 Å². The zero-order valence-corrected chi connectivity index (χ0v) is 13.5. The molecule has 116 valence electrons. The Hall–Kier alpha value is -1.99. The van der Waals surface area contributed by atoms with Crippen molar-refractivity contribution < 1.29 is 9.53 Å². The van der Waals surface area contributed by atoms with E-state index in [4.69, 9.17) is 4.74 Å². The summed E-state index contributed by atoms with van der Waals surface area (Å²) in [5.41, 5.74) is 1.53. The van der Waals surface area contributed by atoms with Crippen LogP contribution in [0, 0.1) is 0 Å². The molecule has 0 radical (unpaired) electrons. The van der Waals surface area contributed by atoms with E-state index in [2.05, 4.69) is 21.5 Å². The lowest BCUT2D eigenvalue weighted by Gasteiger charge is -2.32. The zero-order valence-electron chi connectivity index (χ0n) is 12.7. The van der Waals surface area contributed by atoms with Crippen LogP contribution >= 0.6 is 11.5 Å². The molecule has 7 heteroatoms. The van der Waals surface area contributed by atoms with Crippen molar-refractivity contribution in [2.45, 2.75) is 0 Å². The predicted molar refractivity (Wildman–Crippen MR) is 85.3 cm³/mol. The van der Waals surface area contributed by atoms with Gasteiger partial charge in [0.2, 0.25) is 0 Å². The number of amides is 1. The van der Waals surface area contributed by atoms with Gasteiger partial charge in [0.1, 0.15) is 16.3 Å². The molecule has 0 aliphatic carbocycles. The van der Waals surface area contributed by atoms with Crippen LogP contribution in [0.25, 0.3) is 11.3 Å². The lowest BCUT2D eigenvalue weighted by molar-refractivity contribution is 0.0669. The van der Waals surface area contributed by atoms with Crippen LogP contribution in [-0.4, -0.2) is 65.6 Å². The second-order valence-electron chi connectivity index (χ2n) is 5.27. The highest BCUT2D eigenvalue weighted by atomic mass is 32.1. The third-order valence-corrected chi connectivity index (χ3v) is 4.55. The summed E-state index contributed by atoms with van der Waals surface area (Å²) in [5.74, 6) is 0.799. The monoisotopic (exact) mass is 318 g/mol. The van der Waals surface area contributed by atoms with E-state index in [0.29, 0.717) is 10.6 Å². The number of benzene rings is 1. The molecule has 0 saturated carbocycles. The normalized spacial score (nSPS) is 15.8. The van der Waals surface area contributed by atoms with Crippen molar-refractivity contribution in [2.75, 3.05) is 40.3 Å². The molecule has 1 fully saturated rings. The van der Waals surface area contributed by atoms with Crippen LogP contribution < -0.4 is 4.74 Å². The van der Waals surface area contributed by atoms with Crippen molar-refractivity contribution in [3.8, 4) is 17.0 Å². The molecule has 22 heavy (non-hydrogen) atoms. The lowest BCUT2D eigenvalue weighted by Crippen LogP contribution is -2.47. The Morgan fingerprint density at radius 2 is 1.86 bits per heavy atom. The average molecular weight is 318 g/mol. The van der Waals surface area contributed by atoms with Gasteiger partial charge >= 0.3 is 0 Å². The number of rotatable bonds is 3. The summed E-state index contributed by atoms with van der Waals surface area (Å²) in [4.78, 5) is 17.4. The Kier molecular flexibility index (Phi) is 4.35. The lowest BCUT2D eigenvalue weighted by atomic mass is 10.1. The fraction of sp³-hybridized carbons (Fsp3) is 0.400. The molecular weight excluding hydrogens is 300 g/mol. The van der Waals surface area contributed by atoms with Gasteiger partial charge in [0, 0.05) is 31.7 Å². The standard InChI is InChI=1S/C15H18N4O2S/c1-18-7-9-19(10-8-18)15(20)14-13(16-17-22-14)11-3-5-12(21-2)6-4-11/h3-6H,7-10H2,1-2H3. The minimum absolute atomic E-state index is 0.0221. The van der Waals surface area contributed by atoms with Crippen molar-refractivity contribution in [2.24, 2.45) is 0 Å². The number of piperazine rings is 1. The van der Waals surface area contributed by atoms with Gasteiger partial charge in [-0.15, -0.1) is 5.10 Å². The molecule has 0 spiro atoms. The maximum atomic E-state index is 12.7. The van der Waals surface area contributed by atoms with E-state index in [9.17, 15) is 4.79 Å². The minimum Gasteiger partial charge on any atom is -0.497 e. The number of carbonyl (C=O) groups excluding carboxylic acids is 1. The number of methoxy groups -OCH3 is 1. The van der Waals surface area contributed by atoms with Crippen LogP contribution in [0.3, 0.4) is 0 Å². The molecule has 0 atom stereocenters. The molecule has 1 aromatic heterocycles. The summed E-state index contributed by atoms with van der Waals surface area (Å²) in [6.07, 6.45) is 0. The van der Waals surface area contributed by atoms with E-state index in [1.807, 2.05) is 29.2 Å². The molecule has 2 aromatic rings. The molecule has 1 aliphatic heterocycles. The van der Waals surface area contributed by atoms with Gasteiger partial charge in [-0.25, -0.2) is 0 Å². The van der Waals surface area contributed by atoms with Crippen molar-refractivity contribution in [3.05, 3.63) is 29.1 Å². The number of hydrogen-bond acceptors (Lipinski definition) is 6. The van der Waals surface area contributed by atoms with Gasteiger partial charge in [-0.1, -0.05) is 4.49 Å². The molecule has 6 nitrogen and oxygen atoms in total. The Balaban J connectivity index is 1.83. The van der Waals surface area contributed by atoms with E-state index in [-0.39, 0.29) is 5.91 Å². The highest BCUT2D eigenvalue weighted by Crippen LogP contribution is 2.27. The van der Waals surface area contributed by atoms with Gasteiger partial charge in [-0.05, 0) is 42.8 Å². The maximum Gasteiger partial charge on any atom is 0.267 e. The Morgan fingerprint density at radius 3 is 2.50 bits per heavy atom. The molecule has 0 bridgehead atoms. The zero-order chi connectivity index (χ0) is 15.5. The fourth-order valence-electron chi connectivity index (χ4n) is 2.42. The number of carbonyl (C=O) groups is 1. The quantitative estimate of drug-likeness (QED) is 0.860. The highest BCUT2D eigenvalue weighted by Gasteiger charge is 2.25. The predicted octanol–water partition coefficient (Wildman–Crippen LogP) is 1.60. The topological polar surface area (TPSA) is 58.6 Å². The van der Waals surface area contributed by atoms with Gasteiger partial charge in [0.25, 0.3) is 5.91 Å². The van der Waals surface area contributed by atoms with Crippen LogP contribution in [0.15, 0.2) is 24.3 Å². The average Bonchev–Trinajstić information content (AvgIpc) is 3.04. The van der Waals surface area contributed by atoms with Gasteiger partial charge < -0.3 is 14.5 Å². The summed E-state index contributed by atoms with van der Waals surface area (Å²) in [6.45, 7) is 3.29. The SMILES string of the molecule is COc1ccc(-c2nnsc2C(=O)N2CCN(C)CC2)cc1. The van der Waals surface area contributed by atoms with E-state index in [1.54, 1.807) is 7.11 Å². The third-order valence-electron chi connectivity index (χ3n) is 3.84. The van der Waals surface area contributed by atoms with Crippen molar-refractivity contribution in [1.29, 1.82) is 0 Å². The van der Waals surface area contributed by atoms with E-state index < -0.39 is 0 Å². The summed E-state index contributed by atoms with van der Waals surface area (Å²) >= 11 is 1.16. The van der Waals surface area contributed by atoms with Gasteiger partial charge in [-0.3, -0.25) is 4.79 Å². The van der Waals surface area contributed by atoms with Crippen LogP contribution in [0.2, 0.25) is 0 Å². The van der Waals surface area contributed by atoms with Crippen LogP contribution in [0.5, 0.6) is 5.75 Å². The Bertz CT molecular complexity index is 648. The summed E-state index contributed by atoms with van der Waals surface area (Å²) in [5, 5.41) is 4.14. The van der Waals surface area contributed by atoms with E-state index >= 15 is 0 Å². The molecule has 1 saturated heterocycles. The summed E-state index contributed by atoms with van der Waals surface area (Å²) in [6, 6.07) is 7.52. The van der Waals surface area contributed by atoms with Crippen LogP contribution in [0.4, 0.5) is 0 Å². The smallest absolute Gasteiger partial charge is 0.267 e. The fourth-order valence-corrected chi connectivity index (χ4v) is 3.08. The maximum absolute atomic E-state index is 12.7. The van der Waals surface area contributed by atoms with Crippen LogP contribution in [0.1, 0.15) is 9.67 Å². The minimum atomic E-state index is 0.0221. The van der Waals surface area contributed by atoms with Crippen LogP contribution in [-0.2, 0) is 0 Å². The Labute approximate surface area is 133 Å². The molecular formula is C15H18N4O2S.